The normalized spacial score (nSPS) is 10.8. The fraction of sp³-hybridized carbons (Fsp3) is 0.118. The number of hydrogen-bond donors (Lipinski definition) is 1. The van der Waals surface area contributed by atoms with E-state index in [1.807, 2.05) is 0 Å². The summed E-state index contributed by atoms with van der Waals surface area (Å²) in [5.74, 6) is -1.23. The Bertz CT molecular complexity index is 987. The number of primary amides is 1. The summed E-state index contributed by atoms with van der Waals surface area (Å²) in [7, 11) is 1.76. The minimum Gasteiger partial charge on any atom is -0.365 e. The van der Waals surface area contributed by atoms with Crippen molar-refractivity contribution in [3.8, 4) is 16.8 Å². The maximum Gasteiger partial charge on any atom is 0.254 e. The van der Waals surface area contributed by atoms with Gasteiger partial charge in [0.1, 0.15) is 11.4 Å². The molecule has 122 valence electrons. The second kappa shape index (κ2) is 5.77. The predicted octanol–water partition coefficient (Wildman–Crippen LogP) is 1.78. The van der Waals surface area contributed by atoms with E-state index in [4.69, 9.17) is 5.73 Å². The highest BCUT2D eigenvalue weighted by atomic mass is 19.1. The van der Waals surface area contributed by atoms with Crippen LogP contribution in [-0.4, -0.2) is 20.3 Å². The lowest BCUT2D eigenvalue weighted by atomic mass is 10.0. The van der Waals surface area contributed by atoms with Gasteiger partial charge in [0.15, 0.2) is 0 Å². The third-order valence-electron chi connectivity index (χ3n) is 3.82. The lowest BCUT2D eigenvalue weighted by Crippen LogP contribution is -2.26. The molecule has 1 aromatic carbocycles. The number of hydrogen-bond acceptors (Lipinski definition) is 3. The molecule has 2 aromatic heterocycles. The van der Waals surface area contributed by atoms with Crippen LogP contribution in [0.25, 0.3) is 16.8 Å². The van der Waals surface area contributed by atoms with Crippen LogP contribution < -0.4 is 11.2 Å². The number of amides is 1. The molecular formula is C17H15FN4O2. The Morgan fingerprint density at radius 3 is 2.42 bits per heavy atom. The minimum atomic E-state index is -0.819. The van der Waals surface area contributed by atoms with Gasteiger partial charge in [0.2, 0.25) is 5.43 Å². The van der Waals surface area contributed by atoms with E-state index in [2.05, 4.69) is 5.10 Å². The van der Waals surface area contributed by atoms with Crippen molar-refractivity contribution < 1.29 is 9.18 Å². The molecule has 3 aromatic rings. The number of halogens is 1. The molecule has 0 bridgehead atoms. The Hall–Kier alpha value is -3.22. The number of carbonyl (C=O) groups is 1. The van der Waals surface area contributed by atoms with E-state index in [-0.39, 0.29) is 5.56 Å². The first-order valence-corrected chi connectivity index (χ1v) is 7.19. The van der Waals surface area contributed by atoms with Crippen LogP contribution in [0.1, 0.15) is 16.1 Å². The molecule has 7 heteroatoms. The van der Waals surface area contributed by atoms with Crippen molar-refractivity contribution in [2.45, 2.75) is 6.92 Å². The summed E-state index contributed by atoms with van der Waals surface area (Å²) in [5.41, 5.74) is 6.84. The zero-order chi connectivity index (χ0) is 17.4. The van der Waals surface area contributed by atoms with Gasteiger partial charge < -0.3 is 10.3 Å². The molecule has 0 aliphatic rings. The zero-order valence-electron chi connectivity index (χ0n) is 13.2. The van der Waals surface area contributed by atoms with Crippen molar-refractivity contribution in [2.75, 3.05) is 0 Å². The Labute approximate surface area is 137 Å². The average Bonchev–Trinajstić information content (AvgIpc) is 2.95. The van der Waals surface area contributed by atoms with Gasteiger partial charge in [0.25, 0.3) is 5.91 Å². The largest absolute Gasteiger partial charge is 0.365 e. The maximum atomic E-state index is 13.2. The van der Waals surface area contributed by atoms with E-state index >= 15 is 0 Å². The quantitative estimate of drug-likeness (QED) is 0.796. The number of benzene rings is 1. The average molecular weight is 326 g/mol. The van der Waals surface area contributed by atoms with Crippen LogP contribution in [0.3, 0.4) is 0 Å². The van der Waals surface area contributed by atoms with E-state index in [0.717, 1.165) is 0 Å². The number of carbonyl (C=O) groups excluding carboxylic acids is 1. The van der Waals surface area contributed by atoms with Crippen LogP contribution in [0.5, 0.6) is 0 Å². The molecule has 24 heavy (non-hydrogen) atoms. The van der Waals surface area contributed by atoms with Crippen LogP contribution in [0.4, 0.5) is 4.39 Å². The fourth-order valence-corrected chi connectivity index (χ4v) is 2.64. The highest BCUT2D eigenvalue weighted by Crippen LogP contribution is 2.23. The lowest BCUT2D eigenvalue weighted by molar-refractivity contribution is 0.0999. The summed E-state index contributed by atoms with van der Waals surface area (Å²) in [4.78, 5) is 24.4. The number of rotatable bonds is 3. The summed E-state index contributed by atoms with van der Waals surface area (Å²) < 4.78 is 16.5. The van der Waals surface area contributed by atoms with E-state index in [9.17, 15) is 14.0 Å². The van der Waals surface area contributed by atoms with Gasteiger partial charge in [-0.1, -0.05) is 12.1 Å². The van der Waals surface area contributed by atoms with Crippen LogP contribution in [-0.2, 0) is 7.05 Å². The van der Waals surface area contributed by atoms with E-state index in [1.54, 1.807) is 35.6 Å². The summed E-state index contributed by atoms with van der Waals surface area (Å²) in [6, 6.07) is 5.52. The van der Waals surface area contributed by atoms with Crippen molar-refractivity contribution in [3.63, 3.8) is 0 Å². The van der Waals surface area contributed by atoms with Gasteiger partial charge >= 0.3 is 0 Å². The van der Waals surface area contributed by atoms with Crippen LogP contribution in [0, 0.1) is 12.7 Å². The monoisotopic (exact) mass is 326 g/mol. The summed E-state index contributed by atoms with van der Waals surface area (Å²) in [5, 5.41) is 4.10. The third-order valence-corrected chi connectivity index (χ3v) is 3.82. The first-order chi connectivity index (χ1) is 11.4. The van der Waals surface area contributed by atoms with Gasteiger partial charge in [0, 0.05) is 30.7 Å². The van der Waals surface area contributed by atoms with Crippen LogP contribution >= 0.6 is 0 Å². The Morgan fingerprint density at radius 2 is 1.88 bits per heavy atom. The molecular weight excluding hydrogens is 311 g/mol. The molecule has 1 amide bonds. The first kappa shape index (κ1) is 15.7. The van der Waals surface area contributed by atoms with Gasteiger partial charge in [-0.05, 0) is 24.6 Å². The molecule has 0 aliphatic carbocycles. The highest BCUT2D eigenvalue weighted by Gasteiger charge is 2.18. The van der Waals surface area contributed by atoms with Crippen LogP contribution in [0.2, 0.25) is 0 Å². The van der Waals surface area contributed by atoms with Crippen molar-refractivity contribution >= 4 is 5.91 Å². The van der Waals surface area contributed by atoms with E-state index in [0.29, 0.717) is 22.5 Å². The number of pyridine rings is 1. The molecule has 0 spiro atoms. The topological polar surface area (TPSA) is 82.9 Å². The fourth-order valence-electron chi connectivity index (χ4n) is 2.64. The molecule has 6 nitrogen and oxygen atoms in total. The first-order valence-electron chi connectivity index (χ1n) is 7.19. The van der Waals surface area contributed by atoms with Crippen LogP contribution in [0.15, 0.2) is 47.7 Å². The van der Waals surface area contributed by atoms with Gasteiger partial charge in [-0.15, -0.1) is 0 Å². The lowest BCUT2D eigenvalue weighted by Gasteiger charge is -2.15. The SMILES string of the molecule is Cc1c(-c2ccc(F)cc2)c(=O)c(C(N)=O)cn1-c1cnn(C)c1. The van der Waals surface area contributed by atoms with Crippen molar-refractivity contribution in [3.05, 3.63) is 70.2 Å². The number of nitrogens with two attached hydrogens (primary N) is 1. The minimum absolute atomic E-state index is 0.135. The van der Waals surface area contributed by atoms with E-state index < -0.39 is 17.2 Å². The number of nitrogens with zero attached hydrogens (tertiary/aromatic N) is 3. The molecule has 0 aliphatic heterocycles. The zero-order valence-corrected chi connectivity index (χ0v) is 13.2. The summed E-state index contributed by atoms with van der Waals surface area (Å²) >= 11 is 0. The van der Waals surface area contributed by atoms with Crippen molar-refractivity contribution in [1.82, 2.24) is 14.3 Å². The van der Waals surface area contributed by atoms with Gasteiger partial charge in [0.05, 0.1) is 11.9 Å². The molecule has 0 saturated heterocycles. The molecule has 0 unspecified atom stereocenters. The second-order valence-corrected chi connectivity index (χ2v) is 5.45. The van der Waals surface area contributed by atoms with Gasteiger partial charge in [-0.2, -0.15) is 5.10 Å². The molecule has 3 rings (SSSR count). The Morgan fingerprint density at radius 1 is 1.21 bits per heavy atom. The second-order valence-electron chi connectivity index (χ2n) is 5.45. The van der Waals surface area contributed by atoms with Crippen molar-refractivity contribution in [2.24, 2.45) is 12.8 Å². The molecule has 0 fully saturated rings. The van der Waals surface area contributed by atoms with E-state index in [1.165, 1.54) is 30.5 Å². The number of aryl methyl sites for hydroxylation is 1. The molecule has 0 radical (unpaired) electrons. The summed E-state index contributed by atoms with van der Waals surface area (Å²) in [6.45, 7) is 1.75. The standard InChI is InChI=1S/C17H15FN4O2/c1-10-15(11-3-5-12(18)6-4-11)16(23)14(17(19)24)9-22(10)13-7-20-21(2)8-13/h3-9H,1-2H3,(H2,19,24). The Kier molecular flexibility index (Phi) is 3.76. The predicted molar refractivity (Wildman–Crippen MR) is 87.5 cm³/mol. The highest BCUT2D eigenvalue weighted by molar-refractivity contribution is 5.94. The third kappa shape index (κ3) is 2.60. The maximum absolute atomic E-state index is 13.2. The van der Waals surface area contributed by atoms with Crippen molar-refractivity contribution in [1.29, 1.82) is 0 Å². The smallest absolute Gasteiger partial charge is 0.254 e. The van der Waals surface area contributed by atoms with Gasteiger partial charge in [-0.25, -0.2) is 4.39 Å². The number of aromatic nitrogens is 3. The molecule has 2 N–H and O–H groups in total. The molecule has 2 heterocycles. The Balaban J connectivity index is 2.35. The summed E-state index contributed by atoms with van der Waals surface area (Å²) in [6.07, 6.45) is 4.76. The molecule has 0 atom stereocenters. The molecule has 0 saturated carbocycles. The van der Waals surface area contributed by atoms with Gasteiger partial charge in [-0.3, -0.25) is 14.3 Å².